The maximum Gasteiger partial charge on any atom is 0.136 e. The molecule has 0 spiro atoms. The topological polar surface area (TPSA) is 66.1 Å². The lowest BCUT2D eigenvalue weighted by Crippen LogP contribution is -2.16. The molecule has 2 heterocycles. The van der Waals surface area contributed by atoms with Crippen molar-refractivity contribution in [3.8, 4) is 34.0 Å². The molecule has 0 aliphatic heterocycles. The molecule has 0 saturated carbocycles. The highest BCUT2D eigenvalue weighted by molar-refractivity contribution is 9.10. The quantitative estimate of drug-likeness (QED) is 0.117. The van der Waals surface area contributed by atoms with Crippen molar-refractivity contribution in [3.05, 3.63) is 129 Å². The third kappa shape index (κ3) is 9.51. The van der Waals surface area contributed by atoms with E-state index in [4.69, 9.17) is 9.47 Å². The van der Waals surface area contributed by atoms with Crippen molar-refractivity contribution in [2.24, 2.45) is 14.1 Å². The van der Waals surface area contributed by atoms with Crippen LogP contribution < -0.4 is 14.8 Å². The SMILES string of the molecule is CCCCOc1ccc(-c2nn(C)c3cc(Br)ccc23)c(F)c1.Cn1nc(-c2ccc(OCCCNCc3ccccc3)cc2F)c2ccc(Br)cc21. The number of hydrogen-bond donors (Lipinski definition) is 1. The van der Waals surface area contributed by atoms with Crippen LogP contribution in [0.2, 0.25) is 0 Å². The molecule has 0 unspecified atom stereocenters. The molecule has 1 N–H and O–H groups in total. The van der Waals surface area contributed by atoms with Gasteiger partial charge >= 0.3 is 0 Å². The van der Waals surface area contributed by atoms with Crippen molar-refractivity contribution in [3.63, 3.8) is 0 Å². The maximum absolute atomic E-state index is 14.8. The minimum Gasteiger partial charge on any atom is -0.493 e. The van der Waals surface area contributed by atoms with E-state index < -0.39 is 0 Å². The minimum atomic E-state index is -0.336. The molecule has 0 atom stereocenters. The number of hydrogen-bond acceptors (Lipinski definition) is 5. The van der Waals surface area contributed by atoms with Crippen LogP contribution in [0.25, 0.3) is 44.3 Å². The average Bonchev–Trinajstić information content (AvgIpc) is 3.65. The van der Waals surface area contributed by atoms with Crippen molar-refractivity contribution >= 4 is 53.7 Å². The lowest BCUT2D eigenvalue weighted by Gasteiger charge is -2.09. The first-order chi connectivity index (χ1) is 25.7. The van der Waals surface area contributed by atoms with Crippen molar-refractivity contribution in [2.75, 3.05) is 19.8 Å². The second-order valence-electron chi connectivity index (χ2n) is 12.6. The van der Waals surface area contributed by atoms with Crippen LogP contribution in [0.3, 0.4) is 0 Å². The van der Waals surface area contributed by atoms with Gasteiger partial charge in [0.05, 0.1) is 24.2 Å². The summed E-state index contributed by atoms with van der Waals surface area (Å²) in [4.78, 5) is 0. The predicted molar refractivity (Wildman–Crippen MR) is 216 cm³/mol. The average molecular weight is 846 g/mol. The van der Waals surface area contributed by atoms with Crippen molar-refractivity contribution < 1.29 is 18.3 Å². The summed E-state index contributed by atoms with van der Waals surface area (Å²) < 4.78 is 46.1. The lowest BCUT2D eigenvalue weighted by atomic mass is 10.1. The molecule has 7 nitrogen and oxygen atoms in total. The Labute approximate surface area is 325 Å². The number of benzene rings is 5. The van der Waals surface area contributed by atoms with Gasteiger partial charge < -0.3 is 14.8 Å². The molecular weight excluding hydrogens is 804 g/mol. The lowest BCUT2D eigenvalue weighted by molar-refractivity contribution is 0.306. The fraction of sp³-hybridized carbons (Fsp3) is 0.238. The Bertz CT molecular complexity index is 2310. The molecule has 11 heteroatoms. The Morgan fingerprint density at radius 2 is 1.15 bits per heavy atom. The number of rotatable bonds is 13. The van der Waals surface area contributed by atoms with E-state index in [9.17, 15) is 8.78 Å². The van der Waals surface area contributed by atoms with Gasteiger partial charge in [0.25, 0.3) is 0 Å². The standard InChI is InChI=1S/C24H23BrFN3O.C18H18BrFN2O/c1-29-23-14-18(25)8-10-21(23)24(28-29)20-11-9-19(15-22(20)26)30-13-5-12-27-16-17-6-3-2-4-7-17;1-3-4-9-23-13-6-8-14(16(20)11-13)18-15-7-5-12(19)10-17(15)22(2)21-18/h2-4,6-11,14-15,27H,5,12-13,16H2,1H3;5-8,10-11H,3-4,9H2,1-2H3. The normalized spacial score (nSPS) is 11.2. The highest BCUT2D eigenvalue weighted by Gasteiger charge is 2.17. The first-order valence-electron chi connectivity index (χ1n) is 17.6. The van der Waals surface area contributed by atoms with Gasteiger partial charge in [-0.15, -0.1) is 0 Å². The zero-order valence-electron chi connectivity index (χ0n) is 29.9. The summed E-state index contributed by atoms with van der Waals surface area (Å²) in [6.45, 7) is 4.90. The largest absolute Gasteiger partial charge is 0.493 e. The van der Waals surface area contributed by atoms with Crippen LogP contribution >= 0.6 is 31.9 Å². The Hall–Kier alpha value is -4.58. The van der Waals surface area contributed by atoms with Gasteiger partial charge in [-0.25, -0.2) is 8.78 Å². The molecule has 0 saturated heterocycles. The smallest absolute Gasteiger partial charge is 0.136 e. The molecule has 0 bridgehead atoms. The number of ether oxygens (including phenoxy) is 2. The molecule has 2 aromatic heterocycles. The molecular formula is C42H41Br2F2N5O2. The Morgan fingerprint density at radius 3 is 1.64 bits per heavy atom. The summed E-state index contributed by atoms with van der Waals surface area (Å²) in [5.41, 5.74) is 5.40. The number of unbranched alkanes of at least 4 members (excludes halogenated alkanes) is 1. The van der Waals surface area contributed by atoms with Crippen molar-refractivity contribution in [1.82, 2.24) is 24.9 Å². The Morgan fingerprint density at radius 1 is 0.642 bits per heavy atom. The van der Waals surface area contributed by atoms with E-state index in [1.165, 1.54) is 17.7 Å². The van der Waals surface area contributed by atoms with Crippen LogP contribution in [0.15, 0.2) is 112 Å². The summed E-state index contributed by atoms with van der Waals surface area (Å²) in [6, 6.07) is 32.0. The number of fused-ring (bicyclic) bond motifs is 2. The number of aromatic nitrogens is 4. The second kappa shape index (κ2) is 18.0. The maximum atomic E-state index is 14.8. The van der Waals surface area contributed by atoms with Crippen LogP contribution in [0.4, 0.5) is 8.78 Å². The van der Waals surface area contributed by atoms with Crippen molar-refractivity contribution in [2.45, 2.75) is 32.7 Å². The van der Waals surface area contributed by atoms with Gasteiger partial charge in [-0.2, -0.15) is 10.2 Å². The van der Waals surface area contributed by atoms with E-state index in [2.05, 4.69) is 66.4 Å². The fourth-order valence-electron chi connectivity index (χ4n) is 5.96. The highest BCUT2D eigenvalue weighted by Crippen LogP contribution is 2.34. The Balaban J connectivity index is 0.000000188. The van der Waals surface area contributed by atoms with Gasteiger partial charge in [-0.3, -0.25) is 9.36 Å². The van der Waals surface area contributed by atoms with E-state index >= 15 is 0 Å². The first kappa shape index (κ1) is 38.2. The summed E-state index contributed by atoms with van der Waals surface area (Å²) in [5, 5.41) is 14.2. The zero-order valence-corrected chi connectivity index (χ0v) is 33.1. The van der Waals surface area contributed by atoms with Gasteiger partial charge in [0.15, 0.2) is 0 Å². The van der Waals surface area contributed by atoms with Gasteiger partial charge in [-0.1, -0.05) is 75.5 Å². The number of nitrogens with zero attached hydrogens (tertiary/aromatic N) is 4. The first-order valence-corrected chi connectivity index (χ1v) is 19.1. The van der Waals surface area contributed by atoms with Crippen LogP contribution in [0, 0.1) is 11.6 Å². The van der Waals surface area contributed by atoms with E-state index in [0.717, 1.165) is 63.1 Å². The third-order valence-corrected chi connectivity index (χ3v) is 9.71. The zero-order chi connectivity index (χ0) is 37.3. The number of nitrogens with one attached hydrogen (secondary N) is 1. The van der Waals surface area contributed by atoms with Gasteiger partial charge in [0.1, 0.15) is 34.5 Å². The molecule has 0 aliphatic carbocycles. The summed E-state index contributed by atoms with van der Waals surface area (Å²) in [5.74, 6) is 0.435. The molecule has 274 valence electrons. The Kier molecular flexibility index (Phi) is 12.9. The second-order valence-corrected chi connectivity index (χ2v) is 14.4. The molecule has 0 radical (unpaired) electrons. The van der Waals surface area contributed by atoms with E-state index in [1.54, 1.807) is 33.6 Å². The van der Waals surface area contributed by atoms with Gasteiger partial charge in [-0.05, 0) is 85.6 Å². The van der Waals surface area contributed by atoms with E-state index in [-0.39, 0.29) is 11.6 Å². The third-order valence-electron chi connectivity index (χ3n) is 8.72. The minimum absolute atomic E-state index is 0.318. The molecule has 53 heavy (non-hydrogen) atoms. The fourth-order valence-corrected chi connectivity index (χ4v) is 6.66. The summed E-state index contributed by atoms with van der Waals surface area (Å²) in [6.07, 6.45) is 2.86. The van der Waals surface area contributed by atoms with E-state index in [1.807, 2.05) is 68.7 Å². The van der Waals surface area contributed by atoms with Crippen molar-refractivity contribution in [1.29, 1.82) is 0 Å². The predicted octanol–water partition coefficient (Wildman–Crippen LogP) is 11.0. The summed E-state index contributed by atoms with van der Waals surface area (Å²) in [7, 11) is 3.72. The molecule has 7 rings (SSSR count). The van der Waals surface area contributed by atoms with E-state index in [0.29, 0.717) is 47.2 Å². The highest BCUT2D eigenvalue weighted by atomic mass is 79.9. The molecule has 5 aromatic carbocycles. The molecule has 0 amide bonds. The van der Waals surface area contributed by atoms with Crippen LogP contribution in [0.5, 0.6) is 11.5 Å². The monoisotopic (exact) mass is 843 g/mol. The van der Waals surface area contributed by atoms with Crippen LogP contribution in [-0.4, -0.2) is 39.3 Å². The van der Waals surface area contributed by atoms with Crippen LogP contribution in [0.1, 0.15) is 31.7 Å². The van der Waals surface area contributed by atoms with Crippen LogP contribution in [-0.2, 0) is 20.6 Å². The van der Waals surface area contributed by atoms with Gasteiger partial charge in [0, 0.05) is 63.6 Å². The number of aryl methyl sites for hydroxylation is 2. The molecule has 0 aliphatic rings. The van der Waals surface area contributed by atoms with Gasteiger partial charge in [0.2, 0.25) is 0 Å². The molecule has 7 aromatic rings. The summed E-state index contributed by atoms with van der Waals surface area (Å²) >= 11 is 6.93. The molecule has 0 fully saturated rings. The number of halogens is 4.